The Hall–Kier alpha value is -3.65. The van der Waals surface area contributed by atoms with Gasteiger partial charge in [-0.25, -0.2) is 4.98 Å². The zero-order valence-electron chi connectivity index (χ0n) is 17.2. The zero-order valence-corrected chi connectivity index (χ0v) is 18.0. The van der Waals surface area contributed by atoms with E-state index in [1.165, 1.54) is 11.8 Å². The highest BCUT2D eigenvalue weighted by Crippen LogP contribution is 2.34. The second kappa shape index (κ2) is 9.23. The summed E-state index contributed by atoms with van der Waals surface area (Å²) < 4.78 is 18.9. The SMILES string of the molecule is O=C(CSc1ccc2c(c1)OCCO2)Nc1cccc(OCc2cn3ccccc3n2)c1. The van der Waals surface area contributed by atoms with Crippen LogP contribution in [0.3, 0.4) is 0 Å². The lowest BCUT2D eigenvalue weighted by atomic mass is 10.3. The van der Waals surface area contributed by atoms with Gasteiger partial charge in [0.05, 0.1) is 11.4 Å². The largest absolute Gasteiger partial charge is 0.487 e. The number of pyridine rings is 1. The molecule has 0 unspecified atom stereocenters. The van der Waals surface area contributed by atoms with Crippen LogP contribution in [0.5, 0.6) is 17.2 Å². The van der Waals surface area contributed by atoms with E-state index in [0.29, 0.717) is 31.3 Å². The molecule has 1 aliphatic rings. The summed E-state index contributed by atoms with van der Waals surface area (Å²) in [6.07, 6.45) is 3.89. The van der Waals surface area contributed by atoms with E-state index in [1.807, 2.05) is 77.5 Å². The van der Waals surface area contributed by atoms with Crippen LogP contribution >= 0.6 is 11.8 Å². The molecule has 0 aliphatic carbocycles. The highest BCUT2D eigenvalue weighted by molar-refractivity contribution is 8.00. The summed E-state index contributed by atoms with van der Waals surface area (Å²) in [7, 11) is 0. The minimum atomic E-state index is -0.0950. The van der Waals surface area contributed by atoms with Crippen LogP contribution in [0.2, 0.25) is 0 Å². The Balaban J connectivity index is 1.15. The summed E-state index contributed by atoms with van der Waals surface area (Å²) >= 11 is 1.44. The molecule has 0 atom stereocenters. The molecular weight excluding hydrogens is 426 g/mol. The van der Waals surface area contributed by atoms with Gasteiger partial charge >= 0.3 is 0 Å². The van der Waals surface area contributed by atoms with Gasteiger partial charge < -0.3 is 23.9 Å². The summed E-state index contributed by atoms with van der Waals surface area (Å²) in [4.78, 5) is 17.9. The molecule has 0 fully saturated rings. The first kappa shape index (κ1) is 20.3. The van der Waals surface area contributed by atoms with E-state index in [2.05, 4.69) is 10.3 Å². The number of hydrogen-bond donors (Lipinski definition) is 1. The first-order valence-electron chi connectivity index (χ1n) is 10.2. The third kappa shape index (κ3) is 4.81. The van der Waals surface area contributed by atoms with Gasteiger partial charge in [0.25, 0.3) is 0 Å². The standard InChI is InChI=1S/C24H21N3O4S/c28-24(16-32-20-7-8-21-22(13-20)30-11-10-29-21)26-17-4-3-5-19(12-17)31-15-18-14-27-9-2-1-6-23(27)25-18/h1-9,12-14H,10-11,15-16H2,(H,26,28). The van der Waals surface area contributed by atoms with E-state index >= 15 is 0 Å². The Labute approximate surface area is 189 Å². The van der Waals surface area contributed by atoms with Crippen LogP contribution in [-0.2, 0) is 11.4 Å². The number of fused-ring (bicyclic) bond motifs is 2. The molecule has 3 heterocycles. The van der Waals surface area contributed by atoms with Gasteiger partial charge in [-0.15, -0.1) is 11.8 Å². The number of amides is 1. The molecule has 162 valence electrons. The number of nitrogens with zero attached hydrogens (tertiary/aromatic N) is 2. The minimum Gasteiger partial charge on any atom is -0.487 e. The van der Waals surface area contributed by atoms with Crippen LogP contribution in [0.1, 0.15) is 5.69 Å². The second-order valence-corrected chi connectivity index (χ2v) is 8.21. The van der Waals surface area contributed by atoms with E-state index < -0.39 is 0 Å². The monoisotopic (exact) mass is 447 g/mol. The smallest absolute Gasteiger partial charge is 0.234 e. The van der Waals surface area contributed by atoms with Gasteiger partial charge in [-0.3, -0.25) is 4.79 Å². The Morgan fingerprint density at radius 3 is 2.88 bits per heavy atom. The maximum atomic E-state index is 12.4. The van der Waals surface area contributed by atoms with Crippen LogP contribution in [0.15, 0.2) is 78.0 Å². The van der Waals surface area contributed by atoms with Crippen molar-refractivity contribution >= 4 is 29.0 Å². The normalized spacial score (nSPS) is 12.5. The average Bonchev–Trinajstić information content (AvgIpc) is 3.25. The van der Waals surface area contributed by atoms with E-state index in [9.17, 15) is 4.79 Å². The average molecular weight is 448 g/mol. The minimum absolute atomic E-state index is 0.0950. The number of carbonyl (C=O) groups excluding carboxylic acids is 1. The number of imidazole rings is 1. The molecule has 1 amide bonds. The van der Waals surface area contributed by atoms with Crippen LogP contribution in [0, 0.1) is 0 Å². The molecular formula is C24H21N3O4S. The summed E-state index contributed by atoms with van der Waals surface area (Å²) in [6.45, 7) is 1.44. The summed E-state index contributed by atoms with van der Waals surface area (Å²) in [6, 6.07) is 18.9. The molecule has 7 nitrogen and oxygen atoms in total. The number of thioether (sulfide) groups is 1. The number of benzene rings is 2. The predicted octanol–water partition coefficient (Wildman–Crippen LogP) is 4.42. The summed E-state index contributed by atoms with van der Waals surface area (Å²) in [5, 5.41) is 2.92. The van der Waals surface area contributed by atoms with Gasteiger partial charge in [0.15, 0.2) is 11.5 Å². The van der Waals surface area contributed by atoms with Crippen molar-refractivity contribution in [1.82, 2.24) is 9.38 Å². The molecule has 1 aliphatic heterocycles. The molecule has 2 aromatic heterocycles. The fourth-order valence-corrected chi connectivity index (χ4v) is 4.06. The molecule has 8 heteroatoms. The summed E-state index contributed by atoms with van der Waals surface area (Å²) in [5.74, 6) is 2.32. The van der Waals surface area contributed by atoms with Gasteiger partial charge in [0.2, 0.25) is 5.91 Å². The van der Waals surface area contributed by atoms with Crippen molar-refractivity contribution < 1.29 is 19.0 Å². The Bertz CT molecular complexity index is 1220. The molecule has 32 heavy (non-hydrogen) atoms. The molecule has 0 bridgehead atoms. The van der Waals surface area contributed by atoms with Crippen molar-refractivity contribution in [2.24, 2.45) is 0 Å². The van der Waals surface area contributed by atoms with Gasteiger partial charge in [-0.2, -0.15) is 0 Å². The van der Waals surface area contributed by atoms with Crippen LogP contribution in [0.25, 0.3) is 5.65 Å². The highest BCUT2D eigenvalue weighted by Gasteiger charge is 2.13. The zero-order chi connectivity index (χ0) is 21.8. The number of hydrogen-bond acceptors (Lipinski definition) is 6. The van der Waals surface area contributed by atoms with Crippen LogP contribution in [-0.4, -0.2) is 34.3 Å². The molecule has 0 saturated heterocycles. The van der Waals surface area contributed by atoms with Crippen LogP contribution < -0.4 is 19.5 Å². The Kier molecular flexibility index (Phi) is 5.85. The molecule has 2 aromatic carbocycles. The van der Waals surface area contributed by atoms with E-state index in [1.54, 1.807) is 0 Å². The van der Waals surface area contributed by atoms with Gasteiger partial charge in [0.1, 0.15) is 31.2 Å². The van der Waals surface area contributed by atoms with Gasteiger partial charge in [-0.05, 0) is 42.5 Å². The first-order valence-corrected chi connectivity index (χ1v) is 11.2. The number of rotatable bonds is 7. The fraction of sp³-hybridized carbons (Fsp3) is 0.167. The predicted molar refractivity (Wildman–Crippen MR) is 123 cm³/mol. The Morgan fingerprint density at radius 1 is 1.06 bits per heavy atom. The molecule has 5 rings (SSSR count). The van der Waals surface area contributed by atoms with Crippen LogP contribution in [0.4, 0.5) is 5.69 Å². The van der Waals surface area contributed by atoms with Crippen molar-refractivity contribution in [3.05, 3.63) is 78.8 Å². The number of aromatic nitrogens is 2. The van der Waals surface area contributed by atoms with Crippen molar-refractivity contribution in [3.63, 3.8) is 0 Å². The summed E-state index contributed by atoms with van der Waals surface area (Å²) in [5.41, 5.74) is 2.40. The van der Waals surface area contributed by atoms with Crippen molar-refractivity contribution in [3.8, 4) is 17.2 Å². The molecule has 1 N–H and O–H groups in total. The molecule has 0 spiro atoms. The highest BCUT2D eigenvalue weighted by atomic mass is 32.2. The lowest BCUT2D eigenvalue weighted by Crippen LogP contribution is -2.15. The van der Waals surface area contributed by atoms with Gasteiger partial charge in [-0.1, -0.05) is 12.1 Å². The third-order valence-corrected chi connectivity index (χ3v) is 5.80. The molecule has 0 radical (unpaired) electrons. The number of nitrogens with one attached hydrogen (secondary N) is 1. The van der Waals surface area contributed by atoms with Crippen molar-refractivity contribution in [2.45, 2.75) is 11.5 Å². The number of anilines is 1. The van der Waals surface area contributed by atoms with E-state index in [0.717, 1.165) is 27.7 Å². The maximum absolute atomic E-state index is 12.4. The third-order valence-electron chi connectivity index (χ3n) is 4.80. The Morgan fingerprint density at radius 2 is 1.97 bits per heavy atom. The quantitative estimate of drug-likeness (QED) is 0.423. The first-order chi connectivity index (χ1) is 15.7. The topological polar surface area (TPSA) is 74.1 Å². The van der Waals surface area contributed by atoms with Crippen molar-refractivity contribution in [1.29, 1.82) is 0 Å². The number of ether oxygens (including phenoxy) is 3. The molecule has 0 saturated carbocycles. The van der Waals surface area contributed by atoms with Gasteiger partial charge in [0, 0.05) is 29.0 Å². The lowest BCUT2D eigenvalue weighted by molar-refractivity contribution is -0.113. The van der Waals surface area contributed by atoms with E-state index in [4.69, 9.17) is 14.2 Å². The van der Waals surface area contributed by atoms with Crippen molar-refractivity contribution in [2.75, 3.05) is 24.3 Å². The molecule has 4 aromatic rings. The fourth-order valence-electron chi connectivity index (χ4n) is 3.34. The lowest BCUT2D eigenvalue weighted by Gasteiger charge is -2.18. The number of carbonyl (C=O) groups is 1. The maximum Gasteiger partial charge on any atom is 0.234 e. The van der Waals surface area contributed by atoms with E-state index in [-0.39, 0.29) is 11.7 Å². The second-order valence-electron chi connectivity index (χ2n) is 7.16.